The number of nitrogens with zero attached hydrogens (tertiary/aromatic N) is 1. The Morgan fingerprint density at radius 2 is 2.00 bits per heavy atom. The first kappa shape index (κ1) is 15.2. The van der Waals surface area contributed by atoms with Gasteiger partial charge in [-0.05, 0) is 43.0 Å². The van der Waals surface area contributed by atoms with Crippen LogP contribution in [-0.2, 0) is 9.59 Å². The SMILES string of the molecule is C/C(=C/C(=O)N1CCC(C(=O)O)CC1)c1cccc(F)c1. The first-order valence-electron chi connectivity index (χ1n) is 6.93. The van der Waals surface area contributed by atoms with Crippen molar-refractivity contribution in [1.82, 2.24) is 4.90 Å². The van der Waals surface area contributed by atoms with Gasteiger partial charge < -0.3 is 10.0 Å². The van der Waals surface area contributed by atoms with Gasteiger partial charge in [-0.15, -0.1) is 0 Å². The standard InChI is InChI=1S/C16H18FNO3/c1-11(13-3-2-4-14(17)10-13)9-15(19)18-7-5-12(6-8-18)16(20)21/h2-4,9-10,12H,5-8H2,1H3,(H,20,21)/b11-9-. The molecule has 1 N–H and O–H groups in total. The van der Waals surface area contributed by atoms with Crippen LogP contribution in [0.3, 0.4) is 0 Å². The Morgan fingerprint density at radius 3 is 2.57 bits per heavy atom. The lowest BCUT2D eigenvalue weighted by Crippen LogP contribution is -2.39. The first-order valence-corrected chi connectivity index (χ1v) is 6.93. The molecule has 0 unspecified atom stereocenters. The Hall–Kier alpha value is -2.17. The smallest absolute Gasteiger partial charge is 0.306 e. The van der Waals surface area contributed by atoms with Crippen LogP contribution in [-0.4, -0.2) is 35.0 Å². The van der Waals surface area contributed by atoms with E-state index in [1.54, 1.807) is 24.0 Å². The molecule has 0 spiro atoms. The summed E-state index contributed by atoms with van der Waals surface area (Å²) in [6.45, 7) is 2.65. The molecule has 1 aliphatic rings. The van der Waals surface area contributed by atoms with Crippen molar-refractivity contribution in [3.63, 3.8) is 0 Å². The number of carboxylic acids is 1. The second-order valence-electron chi connectivity index (χ2n) is 5.28. The van der Waals surface area contributed by atoms with Gasteiger partial charge in [-0.2, -0.15) is 0 Å². The molecule has 0 bridgehead atoms. The number of allylic oxidation sites excluding steroid dienone is 1. The highest BCUT2D eigenvalue weighted by Crippen LogP contribution is 2.19. The lowest BCUT2D eigenvalue weighted by molar-refractivity contribution is -0.144. The zero-order chi connectivity index (χ0) is 15.4. The van der Waals surface area contributed by atoms with Crippen LogP contribution < -0.4 is 0 Å². The molecule has 1 aliphatic heterocycles. The van der Waals surface area contributed by atoms with E-state index in [0.29, 0.717) is 37.1 Å². The number of aliphatic carboxylic acids is 1. The molecule has 0 radical (unpaired) electrons. The van der Waals surface area contributed by atoms with E-state index in [9.17, 15) is 14.0 Å². The summed E-state index contributed by atoms with van der Waals surface area (Å²) in [5.41, 5.74) is 1.36. The highest BCUT2D eigenvalue weighted by atomic mass is 19.1. The second kappa shape index (κ2) is 6.52. The molecule has 1 amide bonds. The number of carboxylic acid groups (broad SMARTS) is 1. The van der Waals surface area contributed by atoms with Crippen LogP contribution >= 0.6 is 0 Å². The van der Waals surface area contributed by atoms with Crippen molar-refractivity contribution < 1.29 is 19.1 Å². The van der Waals surface area contributed by atoms with E-state index in [2.05, 4.69) is 0 Å². The number of hydrogen-bond acceptors (Lipinski definition) is 2. The number of carbonyl (C=O) groups excluding carboxylic acids is 1. The van der Waals surface area contributed by atoms with Gasteiger partial charge in [0.15, 0.2) is 0 Å². The number of halogens is 1. The van der Waals surface area contributed by atoms with Crippen LogP contribution in [0.1, 0.15) is 25.3 Å². The maximum absolute atomic E-state index is 13.2. The van der Waals surface area contributed by atoms with Gasteiger partial charge in [-0.3, -0.25) is 9.59 Å². The second-order valence-corrected chi connectivity index (χ2v) is 5.28. The maximum Gasteiger partial charge on any atom is 0.306 e. The molecule has 1 aromatic rings. The van der Waals surface area contributed by atoms with Crippen molar-refractivity contribution in [2.75, 3.05) is 13.1 Å². The Labute approximate surface area is 122 Å². The molecular weight excluding hydrogens is 273 g/mol. The van der Waals surface area contributed by atoms with Crippen LogP contribution in [0, 0.1) is 11.7 Å². The third-order valence-electron chi connectivity index (χ3n) is 3.78. The average Bonchev–Trinajstić information content (AvgIpc) is 2.47. The maximum atomic E-state index is 13.2. The minimum Gasteiger partial charge on any atom is -0.481 e. The van der Waals surface area contributed by atoms with Gasteiger partial charge in [0, 0.05) is 19.2 Å². The predicted octanol–water partition coefficient (Wildman–Crippen LogP) is 2.55. The summed E-state index contributed by atoms with van der Waals surface area (Å²) >= 11 is 0. The number of amides is 1. The van der Waals surface area contributed by atoms with E-state index in [-0.39, 0.29) is 17.6 Å². The lowest BCUT2D eigenvalue weighted by atomic mass is 9.97. The van der Waals surface area contributed by atoms with Crippen LogP contribution in [0.15, 0.2) is 30.3 Å². The van der Waals surface area contributed by atoms with Gasteiger partial charge in [0.1, 0.15) is 5.82 Å². The molecule has 1 heterocycles. The van der Waals surface area contributed by atoms with Gasteiger partial charge in [0.05, 0.1) is 5.92 Å². The fourth-order valence-electron chi connectivity index (χ4n) is 2.44. The van der Waals surface area contributed by atoms with Gasteiger partial charge >= 0.3 is 5.97 Å². The van der Waals surface area contributed by atoms with Gasteiger partial charge in [0.25, 0.3) is 0 Å². The van der Waals surface area contributed by atoms with Crippen molar-refractivity contribution in [2.45, 2.75) is 19.8 Å². The lowest BCUT2D eigenvalue weighted by Gasteiger charge is -2.29. The zero-order valence-electron chi connectivity index (χ0n) is 11.9. The molecule has 0 aromatic heterocycles. The summed E-state index contributed by atoms with van der Waals surface area (Å²) in [5, 5.41) is 8.93. The number of likely N-dealkylation sites (tertiary alicyclic amines) is 1. The number of benzene rings is 1. The van der Waals surface area contributed by atoms with E-state index in [0.717, 1.165) is 0 Å². The molecule has 1 aromatic carbocycles. The molecule has 0 atom stereocenters. The van der Waals surface area contributed by atoms with E-state index < -0.39 is 5.97 Å². The molecule has 112 valence electrons. The molecule has 21 heavy (non-hydrogen) atoms. The van der Waals surface area contributed by atoms with E-state index in [1.807, 2.05) is 0 Å². The van der Waals surface area contributed by atoms with Gasteiger partial charge in [-0.1, -0.05) is 12.1 Å². The quantitative estimate of drug-likeness (QED) is 0.871. The Balaban J connectivity index is 2.01. The largest absolute Gasteiger partial charge is 0.481 e. The minimum absolute atomic E-state index is 0.152. The molecule has 1 saturated heterocycles. The summed E-state index contributed by atoms with van der Waals surface area (Å²) < 4.78 is 13.2. The molecule has 0 aliphatic carbocycles. The molecular formula is C16H18FNO3. The molecule has 4 nitrogen and oxygen atoms in total. The van der Waals surface area contributed by atoms with Crippen LogP contribution in [0.25, 0.3) is 5.57 Å². The fourth-order valence-corrected chi connectivity index (χ4v) is 2.44. The summed E-state index contributed by atoms with van der Waals surface area (Å²) in [6.07, 6.45) is 2.44. The van der Waals surface area contributed by atoms with Crippen molar-refractivity contribution in [3.05, 3.63) is 41.7 Å². The Bertz CT molecular complexity index is 575. The fraction of sp³-hybridized carbons (Fsp3) is 0.375. The number of carbonyl (C=O) groups is 2. The third kappa shape index (κ3) is 3.90. The average molecular weight is 291 g/mol. The van der Waals surface area contributed by atoms with Crippen LogP contribution in [0.4, 0.5) is 4.39 Å². The van der Waals surface area contributed by atoms with Crippen LogP contribution in [0.2, 0.25) is 0 Å². The third-order valence-corrected chi connectivity index (χ3v) is 3.78. The van der Waals surface area contributed by atoms with Crippen molar-refractivity contribution >= 4 is 17.4 Å². The molecule has 1 fully saturated rings. The number of hydrogen-bond donors (Lipinski definition) is 1. The summed E-state index contributed by atoms with van der Waals surface area (Å²) in [7, 11) is 0. The summed E-state index contributed by atoms with van der Waals surface area (Å²) in [5.74, 6) is -1.65. The topological polar surface area (TPSA) is 57.6 Å². The normalized spacial score (nSPS) is 16.9. The molecule has 2 rings (SSSR count). The zero-order valence-corrected chi connectivity index (χ0v) is 11.9. The highest BCUT2D eigenvalue weighted by molar-refractivity contribution is 5.95. The minimum atomic E-state index is -0.798. The Morgan fingerprint density at radius 1 is 1.33 bits per heavy atom. The predicted molar refractivity (Wildman–Crippen MR) is 77.0 cm³/mol. The summed E-state index contributed by atoms with van der Waals surface area (Å²) in [6, 6.07) is 6.09. The Kier molecular flexibility index (Phi) is 4.73. The first-order chi connectivity index (χ1) is 9.97. The monoisotopic (exact) mass is 291 g/mol. The van der Waals surface area contributed by atoms with Crippen LogP contribution in [0.5, 0.6) is 0 Å². The summed E-state index contributed by atoms with van der Waals surface area (Å²) in [4.78, 5) is 24.7. The van der Waals surface area contributed by atoms with E-state index >= 15 is 0 Å². The van der Waals surface area contributed by atoms with Crippen molar-refractivity contribution in [1.29, 1.82) is 0 Å². The van der Waals surface area contributed by atoms with Gasteiger partial charge in [0.2, 0.25) is 5.91 Å². The highest BCUT2D eigenvalue weighted by Gasteiger charge is 2.26. The molecule has 0 saturated carbocycles. The van der Waals surface area contributed by atoms with E-state index in [1.165, 1.54) is 18.2 Å². The van der Waals surface area contributed by atoms with Crippen molar-refractivity contribution in [2.24, 2.45) is 5.92 Å². The van der Waals surface area contributed by atoms with Gasteiger partial charge in [-0.25, -0.2) is 4.39 Å². The number of piperidine rings is 1. The number of rotatable bonds is 3. The van der Waals surface area contributed by atoms with E-state index in [4.69, 9.17) is 5.11 Å². The molecule has 5 heteroatoms. The van der Waals surface area contributed by atoms with Crippen molar-refractivity contribution in [3.8, 4) is 0 Å².